The second-order valence-electron chi connectivity index (χ2n) is 7.23. The van der Waals surface area contributed by atoms with Crippen LogP contribution in [0.5, 0.6) is 0 Å². The van der Waals surface area contributed by atoms with Gasteiger partial charge in [0.05, 0.1) is 10.5 Å². The number of aromatic carboxylic acids is 1. The number of pyridine rings is 1. The lowest BCUT2D eigenvalue weighted by atomic mass is 9.98. The highest BCUT2D eigenvalue weighted by Crippen LogP contribution is 2.41. The van der Waals surface area contributed by atoms with Crippen LogP contribution in [0.25, 0.3) is 22.0 Å². The molecule has 1 aliphatic carbocycles. The average molecular weight is 381 g/mol. The van der Waals surface area contributed by atoms with E-state index in [0.29, 0.717) is 15.9 Å². The van der Waals surface area contributed by atoms with Crippen molar-refractivity contribution in [2.24, 2.45) is 0 Å². The first-order valence-corrected chi connectivity index (χ1v) is 9.36. The summed E-state index contributed by atoms with van der Waals surface area (Å²) in [5.74, 6) is -1.21. The van der Waals surface area contributed by atoms with E-state index in [1.54, 1.807) is 6.07 Å². The number of nitrogens with one attached hydrogen (secondary N) is 1. The molecule has 0 radical (unpaired) electrons. The average Bonchev–Trinajstić information content (AvgIpc) is 3.39. The maximum absolute atomic E-state index is 12.7. The van der Waals surface area contributed by atoms with Crippen molar-refractivity contribution in [3.8, 4) is 11.1 Å². The van der Waals surface area contributed by atoms with E-state index >= 15 is 0 Å². The Morgan fingerprint density at radius 2 is 1.93 bits per heavy atom. The Morgan fingerprint density at radius 3 is 2.67 bits per heavy atom. The molecule has 1 aliphatic heterocycles. The van der Waals surface area contributed by atoms with Crippen molar-refractivity contribution in [2.75, 3.05) is 0 Å². The number of hydrogen-bond donors (Lipinski definition) is 2. The Balaban J connectivity index is 1.78. The highest BCUT2D eigenvalue weighted by molar-refractivity contribution is 6.38. The Hall–Kier alpha value is -2.63. The molecule has 2 aromatic carbocycles. The second kappa shape index (κ2) is 5.94. The molecule has 2 aliphatic rings. The summed E-state index contributed by atoms with van der Waals surface area (Å²) >= 11 is 6.79. The molecule has 1 saturated carbocycles. The van der Waals surface area contributed by atoms with E-state index in [2.05, 4.69) is 17.4 Å². The van der Waals surface area contributed by atoms with Crippen LogP contribution < -0.4 is 10.7 Å². The second-order valence-corrected chi connectivity index (χ2v) is 7.60. The van der Waals surface area contributed by atoms with Crippen LogP contribution in [0.3, 0.4) is 0 Å². The summed E-state index contributed by atoms with van der Waals surface area (Å²) < 4.78 is 1.88. The highest BCUT2D eigenvalue weighted by Gasteiger charge is 2.28. The molecule has 0 spiro atoms. The zero-order valence-electron chi connectivity index (χ0n) is 14.5. The van der Waals surface area contributed by atoms with Crippen LogP contribution in [0.2, 0.25) is 5.02 Å². The summed E-state index contributed by atoms with van der Waals surface area (Å²) in [7, 11) is 0. The number of rotatable bonds is 3. The summed E-state index contributed by atoms with van der Waals surface area (Å²) in [6.45, 7) is 1.71. The van der Waals surface area contributed by atoms with Gasteiger partial charge in [-0.3, -0.25) is 4.79 Å². The molecule has 0 unspecified atom stereocenters. The molecule has 3 aromatic rings. The van der Waals surface area contributed by atoms with Crippen LogP contribution in [-0.4, -0.2) is 15.6 Å². The first-order chi connectivity index (χ1) is 13.0. The molecule has 136 valence electrons. The van der Waals surface area contributed by atoms with Gasteiger partial charge in [-0.05, 0) is 41.7 Å². The molecule has 0 saturated heterocycles. The van der Waals surface area contributed by atoms with Crippen LogP contribution in [0.4, 0.5) is 0 Å². The minimum absolute atomic E-state index is 0.197. The SMILES string of the molecule is O=C(O)c1cn(C2CC2)c2c(Cl)c(-c3ccc4c(c3)CNC4)ccc2c1=O. The largest absolute Gasteiger partial charge is 0.477 e. The number of aromatic nitrogens is 1. The normalized spacial score (nSPS) is 15.9. The molecule has 0 bridgehead atoms. The van der Waals surface area contributed by atoms with Gasteiger partial charge in [-0.2, -0.15) is 0 Å². The van der Waals surface area contributed by atoms with Crippen molar-refractivity contribution in [1.29, 1.82) is 0 Å². The summed E-state index contributed by atoms with van der Waals surface area (Å²) in [5.41, 5.74) is 4.34. The van der Waals surface area contributed by atoms with Crippen molar-refractivity contribution in [3.05, 3.63) is 68.5 Å². The summed E-state index contributed by atoms with van der Waals surface area (Å²) in [5, 5.41) is 13.6. The maximum atomic E-state index is 12.7. The molecule has 0 amide bonds. The van der Waals surface area contributed by atoms with Gasteiger partial charge in [0, 0.05) is 36.3 Å². The molecule has 2 N–H and O–H groups in total. The van der Waals surface area contributed by atoms with E-state index in [0.717, 1.165) is 37.1 Å². The topological polar surface area (TPSA) is 71.3 Å². The van der Waals surface area contributed by atoms with Crippen molar-refractivity contribution < 1.29 is 9.90 Å². The van der Waals surface area contributed by atoms with Gasteiger partial charge in [0.15, 0.2) is 0 Å². The van der Waals surface area contributed by atoms with Crippen molar-refractivity contribution in [3.63, 3.8) is 0 Å². The van der Waals surface area contributed by atoms with E-state index in [1.165, 1.54) is 17.3 Å². The number of halogens is 1. The minimum Gasteiger partial charge on any atom is -0.477 e. The molecule has 5 rings (SSSR count). The first-order valence-electron chi connectivity index (χ1n) is 8.98. The lowest BCUT2D eigenvalue weighted by Crippen LogP contribution is -2.19. The molecule has 1 aromatic heterocycles. The van der Waals surface area contributed by atoms with Crippen LogP contribution in [0.1, 0.15) is 40.4 Å². The fourth-order valence-electron chi connectivity index (χ4n) is 3.89. The Bertz CT molecular complexity index is 1180. The van der Waals surface area contributed by atoms with Gasteiger partial charge in [-0.25, -0.2) is 4.79 Å². The standard InChI is InChI=1S/C21H17ClN2O3/c22-18-15(11-1-2-12-8-23-9-13(12)7-11)5-6-16-19(18)24(14-3-4-14)10-17(20(16)25)21(26)27/h1-2,5-7,10,14,23H,3-4,8-9H2,(H,26,27). The van der Waals surface area contributed by atoms with Gasteiger partial charge in [-0.1, -0.05) is 29.8 Å². The van der Waals surface area contributed by atoms with Gasteiger partial charge in [0.2, 0.25) is 5.43 Å². The Labute approximate surface area is 160 Å². The van der Waals surface area contributed by atoms with E-state index in [-0.39, 0.29) is 11.6 Å². The molecule has 1 fully saturated rings. The molecular formula is C21H17ClN2O3. The van der Waals surface area contributed by atoms with Gasteiger partial charge in [0.1, 0.15) is 5.56 Å². The van der Waals surface area contributed by atoms with Crippen LogP contribution in [0, 0.1) is 0 Å². The number of hydrogen-bond acceptors (Lipinski definition) is 3. The Morgan fingerprint density at radius 1 is 1.15 bits per heavy atom. The first kappa shape index (κ1) is 16.5. The van der Waals surface area contributed by atoms with Crippen LogP contribution >= 0.6 is 11.6 Å². The third kappa shape index (κ3) is 2.58. The lowest BCUT2D eigenvalue weighted by Gasteiger charge is -2.16. The third-order valence-corrected chi connectivity index (χ3v) is 5.83. The third-order valence-electron chi connectivity index (χ3n) is 5.45. The number of fused-ring (bicyclic) bond motifs is 2. The number of benzene rings is 2. The smallest absolute Gasteiger partial charge is 0.341 e. The molecule has 5 nitrogen and oxygen atoms in total. The number of carbonyl (C=O) groups is 1. The van der Waals surface area contributed by atoms with Gasteiger partial charge >= 0.3 is 5.97 Å². The molecule has 27 heavy (non-hydrogen) atoms. The van der Waals surface area contributed by atoms with E-state index < -0.39 is 11.4 Å². The fraction of sp³-hybridized carbons (Fsp3) is 0.238. The predicted octanol–water partition coefficient (Wildman–Crippen LogP) is 3.96. The predicted molar refractivity (Wildman–Crippen MR) is 104 cm³/mol. The van der Waals surface area contributed by atoms with E-state index in [1.807, 2.05) is 16.7 Å². The van der Waals surface area contributed by atoms with Crippen LogP contribution in [-0.2, 0) is 13.1 Å². The summed E-state index contributed by atoms with van der Waals surface area (Å²) in [6.07, 6.45) is 3.37. The van der Waals surface area contributed by atoms with Gasteiger partial charge < -0.3 is 15.0 Å². The number of nitrogens with zero attached hydrogens (tertiary/aromatic N) is 1. The van der Waals surface area contributed by atoms with E-state index in [4.69, 9.17) is 11.6 Å². The number of carboxylic acids is 1. The highest BCUT2D eigenvalue weighted by atomic mass is 35.5. The van der Waals surface area contributed by atoms with Gasteiger partial charge in [-0.15, -0.1) is 0 Å². The fourth-order valence-corrected chi connectivity index (χ4v) is 4.26. The van der Waals surface area contributed by atoms with E-state index in [9.17, 15) is 14.7 Å². The minimum atomic E-state index is -1.21. The summed E-state index contributed by atoms with van der Waals surface area (Å²) in [4.78, 5) is 24.1. The monoisotopic (exact) mass is 380 g/mol. The maximum Gasteiger partial charge on any atom is 0.341 e. The van der Waals surface area contributed by atoms with Gasteiger partial charge in [0.25, 0.3) is 0 Å². The quantitative estimate of drug-likeness (QED) is 0.721. The Kier molecular flexibility index (Phi) is 3.64. The zero-order valence-corrected chi connectivity index (χ0v) is 15.2. The lowest BCUT2D eigenvalue weighted by molar-refractivity contribution is 0.0695. The number of carboxylic acid groups (broad SMARTS) is 1. The molecule has 6 heteroatoms. The summed E-state index contributed by atoms with van der Waals surface area (Å²) in [6, 6.07) is 10.0. The zero-order chi connectivity index (χ0) is 18.7. The van der Waals surface area contributed by atoms with Crippen molar-refractivity contribution >= 4 is 28.5 Å². The molecular weight excluding hydrogens is 364 g/mol. The van der Waals surface area contributed by atoms with Crippen molar-refractivity contribution in [1.82, 2.24) is 9.88 Å². The molecule has 0 atom stereocenters. The van der Waals surface area contributed by atoms with Crippen molar-refractivity contribution in [2.45, 2.75) is 32.0 Å². The van der Waals surface area contributed by atoms with Crippen LogP contribution in [0.15, 0.2) is 41.3 Å². The molecule has 2 heterocycles.